The Morgan fingerprint density at radius 3 is 2.75 bits per heavy atom. The zero-order valence-corrected chi connectivity index (χ0v) is 8.18. The summed E-state index contributed by atoms with van der Waals surface area (Å²) in [5, 5.41) is 7.24. The molecule has 0 aromatic heterocycles. The molecule has 4 heteroatoms. The molecule has 0 unspecified atom stereocenters. The van der Waals surface area contributed by atoms with Crippen molar-refractivity contribution >= 4 is 21.8 Å². The maximum atomic E-state index is 7.24. The minimum Gasteiger partial charge on any atom is -0.497 e. The summed E-state index contributed by atoms with van der Waals surface area (Å²) >= 11 is 3.28. The first-order chi connectivity index (χ1) is 5.65. The van der Waals surface area contributed by atoms with Gasteiger partial charge in [0.25, 0.3) is 0 Å². The summed E-state index contributed by atoms with van der Waals surface area (Å²) in [5.74, 6) is 0.726. The van der Waals surface area contributed by atoms with Crippen LogP contribution >= 0.6 is 15.9 Å². The van der Waals surface area contributed by atoms with E-state index in [1.165, 1.54) is 0 Å². The van der Waals surface area contributed by atoms with E-state index in [0.29, 0.717) is 11.3 Å². The van der Waals surface area contributed by atoms with Crippen LogP contribution in [-0.2, 0) is 0 Å². The standard InChI is InChI=1S/C8H9BrN2O/c1-12-5-2-3-7(9)6(4-5)8(10)11/h2-4H,1H3,(H3,10,11). The normalized spacial score (nSPS) is 9.50. The summed E-state index contributed by atoms with van der Waals surface area (Å²) in [6, 6.07) is 5.32. The quantitative estimate of drug-likeness (QED) is 0.599. The van der Waals surface area contributed by atoms with Gasteiger partial charge in [0.15, 0.2) is 0 Å². The van der Waals surface area contributed by atoms with Gasteiger partial charge in [0.2, 0.25) is 0 Å². The van der Waals surface area contributed by atoms with Gasteiger partial charge in [-0.3, -0.25) is 5.41 Å². The molecule has 3 N–H and O–H groups in total. The molecule has 0 saturated carbocycles. The van der Waals surface area contributed by atoms with Crippen molar-refractivity contribution in [1.82, 2.24) is 0 Å². The molecule has 0 aliphatic rings. The van der Waals surface area contributed by atoms with E-state index in [4.69, 9.17) is 15.9 Å². The van der Waals surface area contributed by atoms with Crippen LogP contribution in [0.2, 0.25) is 0 Å². The molecule has 0 bridgehead atoms. The molecule has 0 atom stereocenters. The van der Waals surface area contributed by atoms with E-state index in [9.17, 15) is 0 Å². The number of amidine groups is 1. The van der Waals surface area contributed by atoms with Gasteiger partial charge in [-0.25, -0.2) is 0 Å². The highest BCUT2D eigenvalue weighted by atomic mass is 79.9. The number of hydrogen-bond donors (Lipinski definition) is 2. The van der Waals surface area contributed by atoms with Crippen molar-refractivity contribution in [2.24, 2.45) is 5.73 Å². The zero-order chi connectivity index (χ0) is 9.14. The number of nitrogen functional groups attached to an aromatic ring is 1. The van der Waals surface area contributed by atoms with Gasteiger partial charge >= 0.3 is 0 Å². The van der Waals surface area contributed by atoms with Crippen LogP contribution in [-0.4, -0.2) is 12.9 Å². The summed E-state index contributed by atoms with van der Waals surface area (Å²) in [5.41, 5.74) is 5.98. The lowest BCUT2D eigenvalue weighted by Gasteiger charge is -2.04. The lowest BCUT2D eigenvalue weighted by atomic mass is 10.2. The minimum absolute atomic E-state index is 0.0285. The first-order valence-corrected chi connectivity index (χ1v) is 4.12. The number of rotatable bonds is 2. The molecule has 0 aliphatic carbocycles. The number of nitrogens with one attached hydrogen (secondary N) is 1. The smallest absolute Gasteiger partial charge is 0.124 e. The summed E-state index contributed by atoms with van der Waals surface area (Å²) in [6.45, 7) is 0. The van der Waals surface area contributed by atoms with Gasteiger partial charge in [-0.2, -0.15) is 0 Å². The summed E-state index contributed by atoms with van der Waals surface area (Å²) in [4.78, 5) is 0. The minimum atomic E-state index is 0.0285. The van der Waals surface area contributed by atoms with Crippen molar-refractivity contribution in [3.8, 4) is 5.75 Å². The third-order valence-electron chi connectivity index (χ3n) is 1.46. The van der Waals surface area contributed by atoms with Crippen LogP contribution in [0.25, 0.3) is 0 Å². The van der Waals surface area contributed by atoms with Gasteiger partial charge in [-0.05, 0) is 18.2 Å². The maximum absolute atomic E-state index is 7.24. The van der Waals surface area contributed by atoms with Gasteiger partial charge in [-0.1, -0.05) is 15.9 Å². The number of benzene rings is 1. The van der Waals surface area contributed by atoms with Crippen molar-refractivity contribution in [2.75, 3.05) is 7.11 Å². The Morgan fingerprint density at radius 2 is 2.25 bits per heavy atom. The second kappa shape index (κ2) is 3.58. The second-order valence-electron chi connectivity index (χ2n) is 2.26. The van der Waals surface area contributed by atoms with Gasteiger partial charge in [-0.15, -0.1) is 0 Å². The van der Waals surface area contributed by atoms with E-state index < -0.39 is 0 Å². The largest absolute Gasteiger partial charge is 0.497 e. The Bertz CT molecular complexity index is 312. The van der Waals surface area contributed by atoms with E-state index in [1.807, 2.05) is 0 Å². The Morgan fingerprint density at radius 1 is 1.58 bits per heavy atom. The summed E-state index contributed by atoms with van der Waals surface area (Å²) < 4.78 is 5.79. The van der Waals surface area contributed by atoms with E-state index in [2.05, 4.69) is 15.9 Å². The fourth-order valence-corrected chi connectivity index (χ4v) is 1.30. The predicted molar refractivity (Wildman–Crippen MR) is 51.7 cm³/mol. The Hall–Kier alpha value is -1.03. The molecule has 1 aromatic rings. The Labute approximate surface area is 79.2 Å². The topological polar surface area (TPSA) is 59.1 Å². The average molecular weight is 229 g/mol. The van der Waals surface area contributed by atoms with E-state index >= 15 is 0 Å². The average Bonchev–Trinajstić information content (AvgIpc) is 2.05. The monoisotopic (exact) mass is 228 g/mol. The predicted octanol–water partition coefficient (Wildman–Crippen LogP) is 1.74. The van der Waals surface area contributed by atoms with Crippen molar-refractivity contribution in [3.05, 3.63) is 28.2 Å². The lowest BCUT2D eigenvalue weighted by molar-refractivity contribution is 0.414. The molecule has 0 saturated heterocycles. The van der Waals surface area contributed by atoms with Crippen molar-refractivity contribution in [3.63, 3.8) is 0 Å². The number of methoxy groups -OCH3 is 1. The number of ether oxygens (including phenoxy) is 1. The molecule has 3 nitrogen and oxygen atoms in total. The van der Waals surface area contributed by atoms with Crippen LogP contribution < -0.4 is 10.5 Å². The number of halogens is 1. The highest BCUT2D eigenvalue weighted by molar-refractivity contribution is 9.10. The molecule has 0 radical (unpaired) electrons. The van der Waals surface area contributed by atoms with E-state index in [0.717, 1.165) is 4.47 Å². The van der Waals surface area contributed by atoms with Crippen LogP contribution in [0.4, 0.5) is 0 Å². The molecule has 0 heterocycles. The van der Waals surface area contributed by atoms with Crippen LogP contribution in [0.3, 0.4) is 0 Å². The molecule has 64 valence electrons. The second-order valence-corrected chi connectivity index (χ2v) is 3.11. The van der Waals surface area contributed by atoms with E-state index in [1.54, 1.807) is 25.3 Å². The molecule has 0 aliphatic heterocycles. The molecule has 1 rings (SSSR count). The molecule has 1 aromatic carbocycles. The molecular formula is C8H9BrN2O. The van der Waals surface area contributed by atoms with Crippen molar-refractivity contribution in [1.29, 1.82) is 5.41 Å². The van der Waals surface area contributed by atoms with Gasteiger partial charge in [0.05, 0.1) is 7.11 Å². The first-order valence-electron chi connectivity index (χ1n) is 3.33. The van der Waals surface area contributed by atoms with Crippen LogP contribution in [0, 0.1) is 5.41 Å². The Kier molecular flexibility index (Phi) is 2.70. The van der Waals surface area contributed by atoms with Crippen LogP contribution in [0.1, 0.15) is 5.56 Å². The zero-order valence-electron chi connectivity index (χ0n) is 6.60. The highest BCUT2D eigenvalue weighted by Crippen LogP contribution is 2.21. The third-order valence-corrected chi connectivity index (χ3v) is 2.16. The molecule has 0 fully saturated rings. The molecular weight excluding hydrogens is 220 g/mol. The van der Waals surface area contributed by atoms with Gasteiger partial charge < -0.3 is 10.5 Å². The van der Waals surface area contributed by atoms with Crippen molar-refractivity contribution in [2.45, 2.75) is 0 Å². The third kappa shape index (κ3) is 1.76. The summed E-state index contributed by atoms with van der Waals surface area (Å²) in [6.07, 6.45) is 0. The first kappa shape index (κ1) is 9.06. The van der Waals surface area contributed by atoms with Gasteiger partial charge in [0, 0.05) is 10.0 Å². The number of hydrogen-bond acceptors (Lipinski definition) is 2. The molecule has 12 heavy (non-hydrogen) atoms. The van der Waals surface area contributed by atoms with Crippen LogP contribution in [0.5, 0.6) is 5.75 Å². The fraction of sp³-hybridized carbons (Fsp3) is 0.125. The molecule has 0 amide bonds. The number of nitrogens with two attached hydrogens (primary N) is 1. The fourth-order valence-electron chi connectivity index (χ4n) is 0.838. The highest BCUT2D eigenvalue weighted by Gasteiger charge is 2.03. The lowest BCUT2D eigenvalue weighted by Crippen LogP contribution is -2.11. The van der Waals surface area contributed by atoms with Crippen molar-refractivity contribution < 1.29 is 4.74 Å². The van der Waals surface area contributed by atoms with Crippen LogP contribution in [0.15, 0.2) is 22.7 Å². The molecule has 0 spiro atoms. The summed E-state index contributed by atoms with van der Waals surface area (Å²) in [7, 11) is 1.58. The van der Waals surface area contributed by atoms with E-state index in [-0.39, 0.29) is 5.84 Å². The van der Waals surface area contributed by atoms with Gasteiger partial charge in [0.1, 0.15) is 11.6 Å². The Balaban J connectivity index is 3.17. The SMILES string of the molecule is COc1ccc(Br)c(C(=N)N)c1. The maximum Gasteiger partial charge on any atom is 0.124 e.